The van der Waals surface area contributed by atoms with Crippen LogP contribution in [0.4, 0.5) is 10.3 Å². The Hall–Kier alpha value is -1.62. The highest BCUT2D eigenvalue weighted by atomic mass is 127. The minimum Gasteiger partial charge on any atom is -0.356 e. The number of halogens is 2. The van der Waals surface area contributed by atoms with Gasteiger partial charge in [-0.15, -0.1) is 35.7 Å². The molecule has 1 aliphatic rings. The van der Waals surface area contributed by atoms with Crippen molar-refractivity contribution >= 4 is 47.6 Å². The van der Waals surface area contributed by atoms with Gasteiger partial charge < -0.3 is 15.1 Å². The lowest BCUT2D eigenvalue weighted by Gasteiger charge is -2.36. The number of aromatic nitrogens is 2. The molecular formula is C19H26FIN6S. The highest BCUT2D eigenvalue weighted by Gasteiger charge is 2.20. The molecule has 1 N–H and O–H groups in total. The summed E-state index contributed by atoms with van der Waals surface area (Å²) in [6.07, 6.45) is 4.57. The first-order chi connectivity index (χ1) is 13.3. The summed E-state index contributed by atoms with van der Waals surface area (Å²) < 4.78 is 12.9. The average Bonchev–Trinajstić information content (AvgIpc) is 2.73. The number of hydrogen-bond acceptors (Lipinski definition) is 5. The second kappa shape index (κ2) is 12.1. The number of benzene rings is 1. The van der Waals surface area contributed by atoms with Crippen LogP contribution in [0.2, 0.25) is 0 Å². The second-order valence-electron chi connectivity index (χ2n) is 6.15. The first-order valence-corrected chi connectivity index (χ1v) is 10.1. The van der Waals surface area contributed by atoms with E-state index in [1.165, 1.54) is 12.1 Å². The zero-order valence-electron chi connectivity index (χ0n) is 15.9. The van der Waals surface area contributed by atoms with Crippen molar-refractivity contribution in [3.63, 3.8) is 0 Å². The molecule has 3 rings (SSSR count). The van der Waals surface area contributed by atoms with Crippen molar-refractivity contribution in [1.29, 1.82) is 0 Å². The molecule has 0 bridgehead atoms. The van der Waals surface area contributed by atoms with Crippen LogP contribution in [0.15, 0.2) is 52.6 Å². The molecule has 0 aliphatic carbocycles. The molecule has 1 saturated heterocycles. The number of thioether (sulfide) groups is 1. The third-order valence-electron chi connectivity index (χ3n) is 4.31. The zero-order chi connectivity index (χ0) is 18.9. The standard InChI is InChI=1S/C19H25FN6S.HI/c1-21-18(22-10-3-15-27-17-6-4-16(20)5-7-17)25-11-13-26(14-12-25)19-23-8-2-9-24-19;/h2,4-9H,3,10-15H2,1H3,(H,21,22);1H. The summed E-state index contributed by atoms with van der Waals surface area (Å²) in [6.45, 7) is 4.41. The SMILES string of the molecule is CN=C(NCCCSc1ccc(F)cc1)N1CCN(c2ncccn2)CC1.I. The predicted octanol–water partition coefficient (Wildman–Crippen LogP) is 3.11. The lowest BCUT2D eigenvalue weighted by Crippen LogP contribution is -2.53. The summed E-state index contributed by atoms with van der Waals surface area (Å²) in [4.78, 5) is 18.6. The maximum atomic E-state index is 12.9. The van der Waals surface area contributed by atoms with Crippen LogP contribution in [0, 0.1) is 5.82 Å². The fraction of sp³-hybridized carbons (Fsp3) is 0.421. The summed E-state index contributed by atoms with van der Waals surface area (Å²) in [5.74, 6) is 2.52. The highest BCUT2D eigenvalue weighted by Crippen LogP contribution is 2.18. The summed E-state index contributed by atoms with van der Waals surface area (Å²) in [6, 6.07) is 8.48. The molecule has 6 nitrogen and oxygen atoms in total. The molecule has 0 radical (unpaired) electrons. The van der Waals surface area contributed by atoms with E-state index >= 15 is 0 Å². The van der Waals surface area contributed by atoms with Crippen LogP contribution in [0.5, 0.6) is 0 Å². The Bertz CT molecular complexity index is 723. The summed E-state index contributed by atoms with van der Waals surface area (Å²) in [5.41, 5.74) is 0. The molecule has 1 aliphatic heterocycles. The normalized spacial score (nSPS) is 14.6. The van der Waals surface area contributed by atoms with Crippen LogP contribution in [-0.2, 0) is 0 Å². The number of anilines is 1. The summed E-state index contributed by atoms with van der Waals surface area (Å²) in [7, 11) is 1.82. The molecule has 0 saturated carbocycles. The van der Waals surface area contributed by atoms with E-state index in [4.69, 9.17) is 0 Å². The highest BCUT2D eigenvalue weighted by molar-refractivity contribution is 14.0. The van der Waals surface area contributed by atoms with Gasteiger partial charge in [0.1, 0.15) is 5.82 Å². The van der Waals surface area contributed by atoms with E-state index in [1.54, 1.807) is 24.2 Å². The molecule has 2 heterocycles. The molecule has 0 amide bonds. The first-order valence-electron chi connectivity index (χ1n) is 9.12. The molecule has 1 aromatic heterocycles. The van der Waals surface area contributed by atoms with Gasteiger partial charge in [0.15, 0.2) is 5.96 Å². The van der Waals surface area contributed by atoms with Crippen LogP contribution in [0.1, 0.15) is 6.42 Å². The zero-order valence-corrected chi connectivity index (χ0v) is 19.1. The molecule has 1 aromatic carbocycles. The number of rotatable bonds is 6. The quantitative estimate of drug-likeness (QED) is 0.210. The topological polar surface area (TPSA) is 56.7 Å². The largest absolute Gasteiger partial charge is 0.356 e. The Morgan fingerprint density at radius 2 is 1.82 bits per heavy atom. The molecule has 0 atom stereocenters. The van der Waals surface area contributed by atoms with Crippen molar-refractivity contribution in [3.05, 3.63) is 48.5 Å². The molecule has 0 unspecified atom stereocenters. The average molecular weight is 516 g/mol. The van der Waals surface area contributed by atoms with Gasteiger partial charge >= 0.3 is 0 Å². The van der Waals surface area contributed by atoms with E-state index in [0.29, 0.717) is 0 Å². The van der Waals surface area contributed by atoms with E-state index in [0.717, 1.165) is 61.7 Å². The fourth-order valence-electron chi connectivity index (χ4n) is 2.90. The third-order valence-corrected chi connectivity index (χ3v) is 5.41. The minimum absolute atomic E-state index is 0. The fourth-order valence-corrected chi connectivity index (χ4v) is 3.75. The van der Waals surface area contributed by atoms with Crippen LogP contribution in [-0.4, -0.2) is 66.4 Å². The van der Waals surface area contributed by atoms with E-state index in [9.17, 15) is 4.39 Å². The smallest absolute Gasteiger partial charge is 0.225 e. The lowest BCUT2D eigenvalue weighted by molar-refractivity contribution is 0.370. The Labute approximate surface area is 187 Å². The molecule has 152 valence electrons. The van der Waals surface area contributed by atoms with Gasteiger partial charge in [0.05, 0.1) is 0 Å². The Balaban J connectivity index is 0.00000280. The number of guanidine groups is 1. The predicted molar refractivity (Wildman–Crippen MR) is 124 cm³/mol. The number of hydrogen-bond donors (Lipinski definition) is 1. The van der Waals surface area contributed by atoms with Gasteiger partial charge in [-0.2, -0.15) is 0 Å². The molecule has 0 spiro atoms. The van der Waals surface area contributed by atoms with Crippen LogP contribution >= 0.6 is 35.7 Å². The summed E-state index contributed by atoms with van der Waals surface area (Å²) >= 11 is 1.74. The first kappa shape index (κ1) is 22.7. The van der Waals surface area contributed by atoms with E-state index in [1.807, 2.05) is 25.2 Å². The maximum absolute atomic E-state index is 12.9. The number of nitrogens with zero attached hydrogens (tertiary/aromatic N) is 5. The Morgan fingerprint density at radius 3 is 2.46 bits per heavy atom. The van der Waals surface area contributed by atoms with Crippen molar-refractivity contribution in [2.45, 2.75) is 11.3 Å². The molecule has 2 aromatic rings. The molecule has 28 heavy (non-hydrogen) atoms. The van der Waals surface area contributed by atoms with Gasteiger partial charge in [-0.25, -0.2) is 14.4 Å². The minimum atomic E-state index is -0.191. The van der Waals surface area contributed by atoms with Crippen molar-refractivity contribution < 1.29 is 4.39 Å². The van der Waals surface area contributed by atoms with Gasteiger partial charge in [0.2, 0.25) is 5.95 Å². The molecular weight excluding hydrogens is 490 g/mol. The Morgan fingerprint density at radius 1 is 1.14 bits per heavy atom. The van der Waals surface area contributed by atoms with Crippen LogP contribution in [0.25, 0.3) is 0 Å². The van der Waals surface area contributed by atoms with Gasteiger partial charge in [-0.1, -0.05) is 0 Å². The van der Waals surface area contributed by atoms with Crippen molar-refractivity contribution in [2.75, 3.05) is 50.4 Å². The van der Waals surface area contributed by atoms with Gasteiger partial charge in [-0.3, -0.25) is 4.99 Å². The maximum Gasteiger partial charge on any atom is 0.225 e. The Kier molecular flexibility index (Phi) is 9.76. The second-order valence-corrected chi connectivity index (χ2v) is 7.32. The van der Waals surface area contributed by atoms with Gasteiger partial charge in [0.25, 0.3) is 0 Å². The van der Waals surface area contributed by atoms with Gasteiger partial charge in [-0.05, 0) is 42.5 Å². The van der Waals surface area contributed by atoms with E-state index < -0.39 is 0 Å². The monoisotopic (exact) mass is 516 g/mol. The number of piperazine rings is 1. The van der Waals surface area contributed by atoms with E-state index in [-0.39, 0.29) is 29.8 Å². The molecule has 9 heteroatoms. The molecule has 1 fully saturated rings. The lowest BCUT2D eigenvalue weighted by atomic mass is 10.3. The van der Waals surface area contributed by atoms with E-state index in [2.05, 4.69) is 30.1 Å². The van der Waals surface area contributed by atoms with Gasteiger partial charge in [0, 0.05) is 57.1 Å². The summed E-state index contributed by atoms with van der Waals surface area (Å²) in [5, 5.41) is 3.44. The van der Waals surface area contributed by atoms with Crippen LogP contribution < -0.4 is 10.2 Å². The van der Waals surface area contributed by atoms with Crippen LogP contribution in [0.3, 0.4) is 0 Å². The van der Waals surface area contributed by atoms with Crippen molar-refractivity contribution in [3.8, 4) is 0 Å². The third kappa shape index (κ3) is 6.77. The number of aliphatic imine (C=N–C) groups is 1. The van der Waals surface area contributed by atoms with Crippen molar-refractivity contribution in [1.82, 2.24) is 20.2 Å². The number of nitrogens with one attached hydrogen (secondary N) is 1. The van der Waals surface area contributed by atoms with Crippen molar-refractivity contribution in [2.24, 2.45) is 4.99 Å².